The molecule has 0 aliphatic heterocycles. The predicted molar refractivity (Wildman–Crippen MR) is 399 cm³/mol. The molecule has 0 bridgehead atoms. The Hall–Kier alpha value is -10.6. The van der Waals surface area contributed by atoms with Crippen LogP contribution in [0.25, 0.3) is 89.0 Å². The van der Waals surface area contributed by atoms with Crippen LogP contribution in [0.4, 0.5) is 17.1 Å². The van der Waals surface area contributed by atoms with Crippen molar-refractivity contribution in [1.29, 1.82) is 0 Å². The number of anilines is 3. The molecule has 0 radical (unpaired) electrons. The van der Waals surface area contributed by atoms with Crippen LogP contribution in [0.1, 0.15) is 61.1 Å². The molecular formula is C91H72BrN. The Labute approximate surface area is 557 Å². The van der Waals surface area contributed by atoms with Crippen LogP contribution in [-0.2, 0) is 17.3 Å². The molecule has 2 aliphatic carbocycles. The number of benzene rings is 14. The minimum atomic E-state index is -0.0931. The molecule has 0 N–H and O–H groups in total. The van der Waals surface area contributed by atoms with E-state index in [0.717, 1.165) is 22.3 Å². The first kappa shape index (κ1) is 60.0. The summed E-state index contributed by atoms with van der Waals surface area (Å²) in [4.78, 5) is 2.48. The largest absolute Gasteiger partial charge is 0.309 e. The fourth-order valence-electron chi connectivity index (χ4n) is 14.0. The number of halogens is 1. The lowest BCUT2D eigenvalue weighted by atomic mass is 9.82. The van der Waals surface area contributed by atoms with Crippen LogP contribution in [-0.4, -0.2) is 0 Å². The van der Waals surface area contributed by atoms with Gasteiger partial charge in [-0.15, -0.1) is 0 Å². The highest BCUT2D eigenvalue weighted by atomic mass is 79.9. The molecule has 0 heterocycles. The maximum absolute atomic E-state index is 3.42. The molecule has 2 aliphatic rings. The molecule has 0 unspecified atom stereocenters. The van der Waals surface area contributed by atoms with Gasteiger partial charge in [0, 0.05) is 32.1 Å². The normalized spacial score (nSPS) is 12.6. The van der Waals surface area contributed by atoms with Crippen molar-refractivity contribution in [3.63, 3.8) is 0 Å². The zero-order valence-electron chi connectivity index (χ0n) is 53.0. The molecule has 0 amide bonds. The summed E-state index contributed by atoms with van der Waals surface area (Å²) in [6.45, 7) is 9.41. The van der Waals surface area contributed by atoms with Crippen molar-refractivity contribution in [2.45, 2.75) is 44.9 Å². The standard InChI is InChI=1S/C45H35N.C34H28.C12H9Br/c1-45(2)40-22-13-12-21-38(40)44-41(45)23-14-24-43(44)46(37-28-25-34(26-29-37)32-15-6-3-7-16-32)42-30-27-36(33-17-8-4-9-18-33)31-39(42)35-19-10-5-11-20-35;1-34(2)31-18-10-9-17-29(31)33-28(16-11-19-32(33)34)22-27-21-20-26(24-12-5-3-6-13-24)23-30(27)25-14-7-4-8-15-25;13-12-8-6-11(7-9-12)10-4-2-1-3-5-10/h3-31H,1-2H3;3-21,23H,22H2,1-2H3;1-9H. The summed E-state index contributed by atoms with van der Waals surface area (Å²) in [5, 5.41) is 0. The van der Waals surface area contributed by atoms with Gasteiger partial charge in [0.1, 0.15) is 0 Å². The fraction of sp³-hybridized carbons (Fsp3) is 0.0769. The van der Waals surface area contributed by atoms with Crippen molar-refractivity contribution in [2.24, 2.45) is 0 Å². The Morgan fingerprint density at radius 2 is 0.602 bits per heavy atom. The van der Waals surface area contributed by atoms with Crippen molar-refractivity contribution in [3.05, 3.63) is 390 Å². The second-order valence-electron chi connectivity index (χ2n) is 25.2. The number of nitrogens with zero attached hydrogens (tertiary/aromatic N) is 1. The van der Waals surface area contributed by atoms with Crippen LogP contribution in [0, 0.1) is 0 Å². The lowest BCUT2D eigenvalue weighted by Crippen LogP contribution is -2.16. The Bertz CT molecular complexity index is 4880. The molecule has 0 atom stereocenters. The zero-order chi connectivity index (χ0) is 63.3. The average molecular weight is 1260 g/mol. The summed E-state index contributed by atoms with van der Waals surface area (Å²) < 4.78 is 1.12. The van der Waals surface area contributed by atoms with Gasteiger partial charge in [0.2, 0.25) is 0 Å². The summed E-state index contributed by atoms with van der Waals surface area (Å²) in [6.07, 6.45) is 0.910. The van der Waals surface area contributed by atoms with Crippen LogP contribution in [0.5, 0.6) is 0 Å². The molecule has 0 fully saturated rings. The average Bonchev–Trinajstić information content (AvgIpc) is 1.60. The molecule has 0 spiro atoms. The molecule has 16 rings (SSSR count). The molecule has 448 valence electrons. The molecule has 93 heavy (non-hydrogen) atoms. The summed E-state index contributed by atoms with van der Waals surface area (Å²) in [7, 11) is 0. The first-order chi connectivity index (χ1) is 45.6. The zero-order valence-corrected chi connectivity index (χ0v) is 54.6. The molecule has 14 aromatic rings. The second-order valence-corrected chi connectivity index (χ2v) is 26.2. The molecule has 0 saturated heterocycles. The minimum absolute atomic E-state index is 0.0291. The monoisotopic (exact) mass is 1260 g/mol. The van der Waals surface area contributed by atoms with Gasteiger partial charge in [0.25, 0.3) is 0 Å². The van der Waals surface area contributed by atoms with E-state index < -0.39 is 0 Å². The highest BCUT2D eigenvalue weighted by Crippen LogP contribution is 2.56. The van der Waals surface area contributed by atoms with E-state index in [1.54, 1.807) is 0 Å². The highest BCUT2D eigenvalue weighted by molar-refractivity contribution is 9.10. The highest BCUT2D eigenvalue weighted by Gasteiger charge is 2.39. The van der Waals surface area contributed by atoms with Crippen molar-refractivity contribution in [2.75, 3.05) is 4.90 Å². The molecule has 0 saturated carbocycles. The molecule has 14 aromatic carbocycles. The van der Waals surface area contributed by atoms with Gasteiger partial charge in [-0.05, 0) is 166 Å². The molecule has 0 aromatic heterocycles. The first-order valence-electron chi connectivity index (χ1n) is 32.3. The lowest BCUT2D eigenvalue weighted by Gasteiger charge is -2.31. The summed E-state index contributed by atoms with van der Waals surface area (Å²) >= 11 is 3.42. The van der Waals surface area contributed by atoms with Gasteiger partial charge >= 0.3 is 0 Å². The first-order valence-corrected chi connectivity index (χ1v) is 33.1. The van der Waals surface area contributed by atoms with Gasteiger partial charge in [-0.3, -0.25) is 0 Å². The van der Waals surface area contributed by atoms with E-state index >= 15 is 0 Å². The van der Waals surface area contributed by atoms with Crippen molar-refractivity contribution < 1.29 is 0 Å². The third-order valence-corrected chi connectivity index (χ3v) is 19.3. The third kappa shape index (κ3) is 12.2. The quantitative estimate of drug-likeness (QED) is 0.125. The number of hydrogen-bond donors (Lipinski definition) is 0. The van der Waals surface area contributed by atoms with Gasteiger partial charge in [0.15, 0.2) is 0 Å². The van der Waals surface area contributed by atoms with Crippen LogP contribution in [0.3, 0.4) is 0 Å². The smallest absolute Gasteiger partial charge is 0.0543 e. The van der Waals surface area contributed by atoms with Crippen LogP contribution in [0.15, 0.2) is 356 Å². The van der Waals surface area contributed by atoms with Crippen LogP contribution in [0.2, 0.25) is 0 Å². The maximum Gasteiger partial charge on any atom is 0.0543 e. The molecule has 2 heteroatoms. The van der Waals surface area contributed by atoms with Gasteiger partial charge in [-0.1, -0.05) is 347 Å². The molecular weight excluding hydrogens is 1190 g/mol. The van der Waals surface area contributed by atoms with Crippen LogP contribution < -0.4 is 4.90 Å². The van der Waals surface area contributed by atoms with Crippen molar-refractivity contribution in [1.82, 2.24) is 0 Å². The minimum Gasteiger partial charge on any atom is -0.309 e. The summed E-state index contributed by atoms with van der Waals surface area (Å²) in [5.74, 6) is 0. The summed E-state index contributed by atoms with van der Waals surface area (Å²) in [5.41, 5.74) is 32.0. The van der Waals surface area contributed by atoms with E-state index in [-0.39, 0.29) is 10.8 Å². The van der Waals surface area contributed by atoms with Gasteiger partial charge in [-0.2, -0.15) is 0 Å². The van der Waals surface area contributed by atoms with E-state index in [2.05, 4.69) is 394 Å². The topological polar surface area (TPSA) is 3.24 Å². The van der Waals surface area contributed by atoms with E-state index in [1.165, 1.54) is 128 Å². The summed E-state index contributed by atoms with van der Waals surface area (Å²) in [6, 6.07) is 127. The van der Waals surface area contributed by atoms with Crippen molar-refractivity contribution in [3.8, 4) is 89.0 Å². The predicted octanol–water partition coefficient (Wildman–Crippen LogP) is 25.5. The molecule has 1 nitrogen and oxygen atoms in total. The van der Waals surface area contributed by atoms with Crippen LogP contribution >= 0.6 is 15.9 Å². The van der Waals surface area contributed by atoms with E-state index in [1.807, 2.05) is 6.07 Å². The lowest BCUT2D eigenvalue weighted by molar-refractivity contribution is 0.660. The van der Waals surface area contributed by atoms with E-state index in [9.17, 15) is 0 Å². The van der Waals surface area contributed by atoms with E-state index in [4.69, 9.17) is 0 Å². The number of hydrogen-bond acceptors (Lipinski definition) is 1. The second kappa shape index (κ2) is 26.3. The Balaban J connectivity index is 0.000000139. The third-order valence-electron chi connectivity index (χ3n) is 18.8. The Morgan fingerprint density at radius 1 is 0.247 bits per heavy atom. The van der Waals surface area contributed by atoms with Crippen molar-refractivity contribution >= 4 is 33.0 Å². The van der Waals surface area contributed by atoms with E-state index in [0.29, 0.717) is 0 Å². The maximum atomic E-state index is 3.42. The SMILES string of the molecule is Brc1ccc(-c2ccccc2)cc1.CC1(C)c2ccccc2-c2c(Cc3ccc(-c4ccccc4)cc3-c3ccccc3)cccc21.CC1(C)c2ccccc2-c2c(N(c3ccc(-c4ccccc4)cc3)c3ccc(-c4ccccc4)cc3-c3ccccc3)cccc21. The van der Waals surface area contributed by atoms with Gasteiger partial charge < -0.3 is 4.90 Å². The Morgan fingerprint density at radius 3 is 1.11 bits per heavy atom. The fourth-order valence-corrected chi connectivity index (χ4v) is 14.3. The van der Waals surface area contributed by atoms with Gasteiger partial charge in [0.05, 0.1) is 11.4 Å². The number of rotatable bonds is 11. The number of fused-ring (bicyclic) bond motifs is 6. The Kier molecular flexibility index (Phi) is 16.9. The van der Waals surface area contributed by atoms with Gasteiger partial charge in [-0.25, -0.2) is 0 Å².